The van der Waals surface area contributed by atoms with Gasteiger partial charge in [0.05, 0.1) is 37.2 Å². The van der Waals surface area contributed by atoms with Gasteiger partial charge in [0.15, 0.2) is 5.78 Å². The van der Waals surface area contributed by atoms with Gasteiger partial charge in [-0.05, 0) is 0 Å². The Kier molecular flexibility index (Phi) is 6.75. The second kappa shape index (κ2) is 8.08. The van der Waals surface area contributed by atoms with E-state index in [1.165, 1.54) is 6.20 Å². The van der Waals surface area contributed by atoms with Crippen LogP contribution in [-0.2, 0) is 11.2 Å². The molecule has 9 heteroatoms. The molecule has 9 nitrogen and oxygen atoms in total. The second-order valence-corrected chi connectivity index (χ2v) is 4.46. The molecule has 0 saturated carbocycles. The van der Waals surface area contributed by atoms with E-state index in [0.29, 0.717) is 0 Å². The number of hydrogen-bond acceptors (Lipinski definition) is 9. The highest BCUT2D eigenvalue weighted by Crippen LogP contribution is 2.16. The Bertz CT molecular complexity index is 453. The Balaban J connectivity index is 2.71. The minimum atomic E-state index is -1.63. The van der Waals surface area contributed by atoms with E-state index in [1.54, 1.807) is 0 Å². The van der Waals surface area contributed by atoms with E-state index in [9.17, 15) is 20.1 Å². The summed E-state index contributed by atoms with van der Waals surface area (Å²) in [6.45, 7) is -1.41. The lowest BCUT2D eigenvalue weighted by Crippen LogP contribution is -2.35. The molecule has 0 aliphatic carbocycles. The standard InChI is InChI=1S/C12H18N2O7/c15-4-9(18)8(17)1-6-2-14-7(3-13-6)11(20)12(21)10(19)5-16/h2-3,9-12,15-16,18-21H,1,4-5H2/t9-,10-,11-,12-/m1/s1. The van der Waals surface area contributed by atoms with Crippen molar-refractivity contribution in [1.82, 2.24) is 9.97 Å². The van der Waals surface area contributed by atoms with Crippen LogP contribution in [0, 0.1) is 0 Å². The molecular weight excluding hydrogens is 284 g/mol. The van der Waals surface area contributed by atoms with E-state index in [1.807, 2.05) is 0 Å². The third-order valence-electron chi connectivity index (χ3n) is 2.83. The topological polar surface area (TPSA) is 164 Å². The molecule has 21 heavy (non-hydrogen) atoms. The summed E-state index contributed by atoms with van der Waals surface area (Å²) in [5, 5.41) is 54.9. The van der Waals surface area contributed by atoms with Crippen LogP contribution >= 0.6 is 0 Å². The summed E-state index contributed by atoms with van der Waals surface area (Å²) in [4.78, 5) is 19.0. The fourth-order valence-corrected chi connectivity index (χ4v) is 1.50. The van der Waals surface area contributed by atoms with E-state index in [-0.39, 0.29) is 17.8 Å². The maximum absolute atomic E-state index is 11.4. The first-order chi connectivity index (χ1) is 9.90. The predicted octanol–water partition coefficient (Wildman–Crippen LogP) is -3.31. The van der Waals surface area contributed by atoms with Gasteiger partial charge < -0.3 is 30.6 Å². The molecule has 0 spiro atoms. The molecule has 0 radical (unpaired) electrons. The summed E-state index contributed by atoms with van der Waals surface area (Å²) < 4.78 is 0. The minimum Gasteiger partial charge on any atom is -0.394 e. The number of aromatic nitrogens is 2. The Labute approximate surface area is 120 Å². The van der Waals surface area contributed by atoms with Gasteiger partial charge in [0, 0.05) is 6.20 Å². The number of Topliss-reactive ketones (excluding diaryl/α,β-unsaturated/α-hetero) is 1. The minimum absolute atomic E-state index is 0.0473. The van der Waals surface area contributed by atoms with Gasteiger partial charge in [-0.2, -0.15) is 0 Å². The molecule has 0 saturated heterocycles. The van der Waals surface area contributed by atoms with Crippen molar-refractivity contribution < 1.29 is 35.4 Å². The van der Waals surface area contributed by atoms with E-state index >= 15 is 0 Å². The molecule has 1 aromatic heterocycles. The van der Waals surface area contributed by atoms with Gasteiger partial charge in [-0.25, -0.2) is 0 Å². The summed E-state index contributed by atoms with van der Waals surface area (Å²) in [6, 6.07) is 0. The van der Waals surface area contributed by atoms with Crippen LogP contribution in [-0.4, -0.2) is 77.9 Å². The van der Waals surface area contributed by atoms with Crippen molar-refractivity contribution in [1.29, 1.82) is 0 Å². The summed E-state index contributed by atoms with van der Waals surface area (Å²) in [5.41, 5.74) is 0.162. The van der Waals surface area contributed by atoms with Gasteiger partial charge in [-0.15, -0.1) is 0 Å². The normalized spacial score (nSPS) is 17.0. The SMILES string of the molecule is O=C(Cc1cnc([C@@H](O)[C@H](O)[C@H](O)CO)cn1)[C@H](O)CO. The molecule has 1 rings (SSSR count). The van der Waals surface area contributed by atoms with Gasteiger partial charge in [0.1, 0.15) is 24.4 Å². The zero-order chi connectivity index (χ0) is 16.0. The quantitative estimate of drug-likeness (QED) is 0.288. The van der Waals surface area contributed by atoms with Gasteiger partial charge >= 0.3 is 0 Å². The van der Waals surface area contributed by atoms with Crippen LogP contribution in [0.15, 0.2) is 12.4 Å². The Morgan fingerprint density at radius 3 is 2.19 bits per heavy atom. The number of ketones is 1. The van der Waals surface area contributed by atoms with Crippen molar-refractivity contribution in [2.75, 3.05) is 13.2 Å². The average Bonchev–Trinajstić information content (AvgIpc) is 2.52. The predicted molar refractivity (Wildman–Crippen MR) is 67.9 cm³/mol. The largest absolute Gasteiger partial charge is 0.394 e. The lowest BCUT2D eigenvalue weighted by Gasteiger charge is -2.20. The summed E-state index contributed by atoms with van der Waals surface area (Å²) in [6.07, 6.45) is -4.17. The summed E-state index contributed by atoms with van der Waals surface area (Å²) in [5.74, 6) is -0.629. The lowest BCUT2D eigenvalue weighted by molar-refractivity contribution is -0.128. The van der Waals surface area contributed by atoms with Gasteiger partial charge in [-0.1, -0.05) is 0 Å². The van der Waals surface area contributed by atoms with E-state index in [4.69, 9.17) is 15.3 Å². The molecule has 1 heterocycles. The molecule has 0 amide bonds. The fraction of sp³-hybridized carbons (Fsp3) is 0.583. The molecule has 118 valence electrons. The zero-order valence-electron chi connectivity index (χ0n) is 11.1. The molecule has 0 unspecified atom stereocenters. The van der Waals surface area contributed by atoms with Gasteiger partial charge in [0.25, 0.3) is 0 Å². The highest BCUT2D eigenvalue weighted by molar-refractivity contribution is 5.84. The van der Waals surface area contributed by atoms with Crippen LogP contribution in [0.4, 0.5) is 0 Å². The Morgan fingerprint density at radius 2 is 1.71 bits per heavy atom. The first-order valence-corrected chi connectivity index (χ1v) is 6.18. The van der Waals surface area contributed by atoms with Crippen LogP contribution in [0.25, 0.3) is 0 Å². The van der Waals surface area contributed by atoms with Crippen LogP contribution in [0.3, 0.4) is 0 Å². The van der Waals surface area contributed by atoms with E-state index < -0.39 is 43.4 Å². The Hall–Kier alpha value is -1.49. The summed E-state index contributed by atoms with van der Waals surface area (Å²) in [7, 11) is 0. The fourth-order valence-electron chi connectivity index (χ4n) is 1.50. The molecule has 0 aliphatic rings. The van der Waals surface area contributed by atoms with Gasteiger partial charge in [-0.3, -0.25) is 14.8 Å². The van der Waals surface area contributed by atoms with Crippen molar-refractivity contribution in [2.24, 2.45) is 0 Å². The smallest absolute Gasteiger partial charge is 0.169 e. The molecule has 1 aromatic rings. The number of carbonyl (C=O) groups is 1. The number of carbonyl (C=O) groups excluding carboxylic acids is 1. The van der Waals surface area contributed by atoms with Crippen molar-refractivity contribution in [3.8, 4) is 0 Å². The first-order valence-electron chi connectivity index (χ1n) is 6.18. The highest BCUT2D eigenvalue weighted by Gasteiger charge is 2.26. The third kappa shape index (κ3) is 4.77. The average molecular weight is 302 g/mol. The maximum atomic E-state index is 11.4. The molecule has 0 bridgehead atoms. The highest BCUT2D eigenvalue weighted by atomic mass is 16.4. The van der Waals surface area contributed by atoms with Crippen LogP contribution in [0.1, 0.15) is 17.5 Å². The number of aliphatic hydroxyl groups excluding tert-OH is 6. The van der Waals surface area contributed by atoms with Crippen LogP contribution in [0.2, 0.25) is 0 Å². The summed E-state index contributed by atoms with van der Waals surface area (Å²) >= 11 is 0. The number of nitrogens with zero attached hydrogens (tertiary/aromatic N) is 2. The number of rotatable bonds is 8. The van der Waals surface area contributed by atoms with Crippen molar-refractivity contribution in [3.63, 3.8) is 0 Å². The number of aliphatic hydroxyl groups is 6. The molecule has 4 atom stereocenters. The third-order valence-corrected chi connectivity index (χ3v) is 2.83. The molecule has 0 fully saturated rings. The van der Waals surface area contributed by atoms with Crippen LogP contribution < -0.4 is 0 Å². The van der Waals surface area contributed by atoms with Crippen molar-refractivity contribution in [2.45, 2.75) is 30.8 Å². The molecule has 0 aromatic carbocycles. The van der Waals surface area contributed by atoms with Crippen molar-refractivity contribution >= 4 is 5.78 Å². The molecular formula is C12H18N2O7. The second-order valence-electron chi connectivity index (χ2n) is 4.46. The van der Waals surface area contributed by atoms with E-state index in [2.05, 4.69) is 9.97 Å². The van der Waals surface area contributed by atoms with Gasteiger partial charge in [0.2, 0.25) is 0 Å². The molecule has 6 N–H and O–H groups in total. The molecule has 0 aliphatic heterocycles. The number of hydrogen-bond donors (Lipinski definition) is 6. The Morgan fingerprint density at radius 1 is 1.05 bits per heavy atom. The van der Waals surface area contributed by atoms with Crippen molar-refractivity contribution in [3.05, 3.63) is 23.8 Å². The van der Waals surface area contributed by atoms with E-state index in [0.717, 1.165) is 6.20 Å². The monoisotopic (exact) mass is 302 g/mol. The zero-order valence-corrected chi connectivity index (χ0v) is 11.1. The maximum Gasteiger partial charge on any atom is 0.169 e. The van der Waals surface area contributed by atoms with Crippen LogP contribution in [0.5, 0.6) is 0 Å². The lowest BCUT2D eigenvalue weighted by atomic mass is 10.1. The first kappa shape index (κ1) is 17.6.